The molecule has 9 heteroatoms. The summed E-state index contributed by atoms with van der Waals surface area (Å²) < 4.78 is 23.3. The van der Waals surface area contributed by atoms with Gasteiger partial charge in [-0.1, -0.05) is 268 Å². The number of quaternary nitrogens is 1. The standard InChI is InChI=1S/C62H119N2O6P/c1-6-8-10-12-14-16-18-20-22-24-26-27-28-29-30-31-32-33-34-35-36-37-38-39-41-43-45-47-49-51-53-55-61(65)60(59-70-71(67,68)69-58-57-64(3,4)5)63-62(66)56-54-52-50-48-46-44-42-40-25-23-21-19-17-15-13-11-9-7-2/h17,19,23,25,45,47,53,55,60-61,65H,6-16,18,20-22,24,26-44,46,48-52,54,56-59H2,1-5H3,(H-,63,66,67,68)/b19-17-,25-23-,47-45+,55-53+. The van der Waals surface area contributed by atoms with Gasteiger partial charge in [-0.25, -0.2) is 0 Å². The first-order chi connectivity index (χ1) is 34.5. The molecule has 0 radical (unpaired) electrons. The van der Waals surface area contributed by atoms with Crippen molar-refractivity contribution in [3.63, 3.8) is 0 Å². The summed E-state index contributed by atoms with van der Waals surface area (Å²) in [4.78, 5) is 25.5. The normalized spacial score (nSPS) is 14.2. The number of rotatable bonds is 56. The number of phosphoric acid groups is 1. The van der Waals surface area contributed by atoms with Crippen LogP contribution in [0.15, 0.2) is 48.6 Å². The van der Waals surface area contributed by atoms with Crippen LogP contribution in [-0.4, -0.2) is 68.5 Å². The molecular formula is C62H119N2O6P. The monoisotopic (exact) mass is 1020 g/mol. The Labute approximate surface area is 441 Å². The summed E-state index contributed by atoms with van der Waals surface area (Å²) in [5.74, 6) is -0.213. The van der Waals surface area contributed by atoms with E-state index in [-0.39, 0.29) is 12.5 Å². The van der Waals surface area contributed by atoms with Crippen molar-refractivity contribution in [3.8, 4) is 0 Å². The molecule has 3 unspecified atom stereocenters. The van der Waals surface area contributed by atoms with Gasteiger partial charge in [-0.3, -0.25) is 9.36 Å². The number of nitrogens with one attached hydrogen (secondary N) is 1. The number of nitrogens with zero attached hydrogens (tertiary/aromatic N) is 1. The zero-order valence-corrected chi connectivity index (χ0v) is 48.6. The number of unbranched alkanes of at least 4 members (excludes halogenated alkanes) is 37. The molecule has 0 aliphatic rings. The Balaban J connectivity index is 4.16. The predicted molar refractivity (Wildman–Crippen MR) is 307 cm³/mol. The average molecular weight is 1020 g/mol. The van der Waals surface area contributed by atoms with Crippen molar-refractivity contribution >= 4 is 13.7 Å². The van der Waals surface area contributed by atoms with Gasteiger partial charge < -0.3 is 28.8 Å². The molecule has 2 N–H and O–H groups in total. The van der Waals surface area contributed by atoms with Crippen LogP contribution < -0.4 is 10.2 Å². The molecule has 8 nitrogen and oxygen atoms in total. The highest BCUT2D eigenvalue weighted by molar-refractivity contribution is 7.45. The molecular weight excluding hydrogens is 900 g/mol. The Bertz CT molecular complexity index is 1290. The van der Waals surface area contributed by atoms with Crippen LogP contribution in [0.4, 0.5) is 0 Å². The van der Waals surface area contributed by atoms with Gasteiger partial charge in [-0.15, -0.1) is 0 Å². The molecule has 0 heterocycles. The Morgan fingerprint density at radius 2 is 0.831 bits per heavy atom. The molecule has 418 valence electrons. The number of carbonyl (C=O) groups excluding carboxylic acids is 1. The molecule has 3 atom stereocenters. The van der Waals surface area contributed by atoms with E-state index < -0.39 is 26.6 Å². The van der Waals surface area contributed by atoms with Crippen LogP contribution in [0.1, 0.15) is 290 Å². The number of likely N-dealkylation sites (N-methyl/N-ethyl adjacent to an activating group) is 1. The summed E-state index contributed by atoms with van der Waals surface area (Å²) in [6.07, 6.45) is 70.7. The Morgan fingerprint density at radius 1 is 0.493 bits per heavy atom. The van der Waals surface area contributed by atoms with E-state index in [2.05, 4.69) is 55.6 Å². The third kappa shape index (κ3) is 56.0. The fraction of sp³-hybridized carbons (Fsp3) is 0.855. The van der Waals surface area contributed by atoms with Crippen molar-refractivity contribution in [2.45, 2.75) is 302 Å². The number of aliphatic hydroxyl groups is 1. The SMILES string of the molecule is CCCCCC/C=C\C/C=C\CCCCCCCCCC(=O)NC(COP(=O)([O-])OCC[N+](C)(C)C)C(O)/C=C/CC/C=C/CCCCCCCCCCCCCCCCCCCCCCCCCCC. The van der Waals surface area contributed by atoms with Crippen molar-refractivity contribution in [1.29, 1.82) is 0 Å². The van der Waals surface area contributed by atoms with Crippen molar-refractivity contribution in [2.24, 2.45) is 0 Å². The fourth-order valence-electron chi connectivity index (χ4n) is 8.97. The average Bonchev–Trinajstić information content (AvgIpc) is 3.33. The lowest BCUT2D eigenvalue weighted by Crippen LogP contribution is -2.45. The molecule has 0 saturated heterocycles. The first-order valence-corrected chi connectivity index (χ1v) is 32.0. The molecule has 0 rings (SSSR count). The maximum absolute atomic E-state index is 12.9. The summed E-state index contributed by atoms with van der Waals surface area (Å²) in [7, 11) is 1.24. The molecule has 0 aliphatic heterocycles. The number of phosphoric ester groups is 1. The summed E-state index contributed by atoms with van der Waals surface area (Å²) in [6, 6.07) is -0.910. The number of hydrogen-bond acceptors (Lipinski definition) is 6. The lowest BCUT2D eigenvalue weighted by molar-refractivity contribution is -0.870. The minimum absolute atomic E-state index is 0.00875. The minimum atomic E-state index is -4.61. The van der Waals surface area contributed by atoms with E-state index in [1.807, 2.05) is 27.2 Å². The van der Waals surface area contributed by atoms with Crippen molar-refractivity contribution in [2.75, 3.05) is 40.9 Å². The third-order valence-electron chi connectivity index (χ3n) is 13.8. The second-order valence-corrected chi connectivity index (χ2v) is 23.5. The molecule has 0 spiro atoms. The minimum Gasteiger partial charge on any atom is -0.756 e. The number of amides is 1. The van der Waals surface area contributed by atoms with Gasteiger partial charge in [0.05, 0.1) is 39.9 Å². The van der Waals surface area contributed by atoms with E-state index in [0.29, 0.717) is 17.4 Å². The van der Waals surface area contributed by atoms with E-state index in [4.69, 9.17) is 9.05 Å². The highest BCUT2D eigenvalue weighted by atomic mass is 31.2. The van der Waals surface area contributed by atoms with Crippen LogP contribution in [0.3, 0.4) is 0 Å². The maximum Gasteiger partial charge on any atom is 0.268 e. The topological polar surface area (TPSA) is 108 Å². The number of aliphatic hydroxyl groups excluding tert-OH is 1. The van der Waals surface area contributed by atoms with E-state index in [1.54, 1.807) is 6.08 Å². The number of hydrogen-bond donors (Lipinski definition) is 2. The first-order valence-electron chi connectivity index (χ1n) is 30.5. The van der Waals surface area contributed by atoms with E-state index in [1.165, 1.54) is 212 Å². The Morgan fingerprint density at radius 3 is 1.24 bits per heavy atom. The predicted octanol–water partition coefficient (Wildman–Crippen LogP) is 18.1. The van der Waals surface area contributed by atoms with Gasteiger partial charge in [0.1, 0.15) is 13.2 Å². The van der Waals surface area contributed by atoms with Crippen LogP contribution >= 0.6 is 7.82 Å². The third-order valence-corrected chi connectivity index (χ3v) is 14.7. The van der Waals surface area contributed by atoms with Crippen molar-refractivity contribution < 1.29 is 32.9 Å². The molecule has 0 aliphatic carbocycles. The molecule has 0 aromatic heterocycles. The first kappa shape index (κ1) is 69.5. The van der Waals surface area contributed by atoms with Crippen molar-refractivity contribution in [3.05, 3.63) is 48.6 Å². The molecule has 0 saturated carbocycles. The summed E-state index contributed by atoms with van der Waals surface area (Å²) in [5.41, 5.74) is 0. The second kappa shape index (κ2) is 53.3. The smallest absolute Gasteiger partial charge is 0.268 e. The summed E-state index contributed by atoms with van der Waals surface area (Å²) in [6.45, 7) is 4.63. The van der Waals surface area contributed by atoms with Crippen LogP contribution in [0.5, 0.6) is 0 Å². The van der Waals surface area contributed by atoms with Crippen LogP contribution in [-0.2, 0) is 18.4 Å². The van der Waals surface area contributed by atoms with E-state index in [0.717, 1.165) is 57.8 Å². The summed E-state index contributed by atoms with van der Waals surface area (Å²) in [5, 5.41) is 13.9. The Hall–Kier alpha value is -1.54. The van der Waals surface area contributed by atoms with Crippen molar-refractivity contribution in [1.82, 2.24) is 5.32 Å². The molecule has 0 aromatic rings. The second-order valence-electron chi connectivity index (χ2n) is 22.0. The summed E-state index contributed by atoms with van der Waals surface area (Å²) >= 11 is 0. The largest absolute Gasteiger partial charge is 0.756 e. The molecule has 0 bridgehead atoms. The lowest BCUT2D eigenvalue weighted by Gasteiger charge is -2.29. The van der Waals surface area contributed by atoms with Crippen LogP contribution in [0.25, 0.3) is 0 Å². The van der Waals surface area contributed by atoms with E-state index in [9.17, 15) is 19.4 Å². The highest BCUT2D eigenvalue weighted by Gasteiger charge is 2.23. The van der Waals surface area contributed by atoms with Gasteiger partial charge in [-0.05, 0) is 64.2 Å². The number of carbonyl (C=O) groups is 1. The van der Waals surface area contributed by atoms with Gasteiger partial charge in [0.25, 0.3) is 7.82 Å². The van der Waals surface area contributed by atoms with Gasteiger partial charge in [0.2, 0.25) is 5.91 Å². The number of allylic oxidation sites excluding steroid dienone is 7. The highest BCUT2D eigenvalue weighted by Crippen LogP contribution is 2.38. The van der Waals surface area contributed by atoms with Gasteiger partial charge in [0, 0.05) is 6.42 Å². The van der Waals surface area contributed by atoms with Gasteiger partial charge in [0.15, 0.2) is 0 Å². The van der Waals surface area contributed by atoms with Gasteiger partial charge in [-0.2, -0.15) is 0 Å². The fourth-order valence-corrected chi connectivity index (χ4v) is 9.69. The molecule has 0 fully saturated rings. The molecule has 0 aromatic carbocycles. The van der Waals surface area contributed by atoms with Gasteiger partial charge >= 0.3 is 0 Å². The zero-order chi connectivity index (χ0) is 52.0. The molecule has 1 amide bonds. The van der Waals surface area contributed by atoms with E-state index >= 15 is 0 Å². The quantitative estimate of drug-likeness (QED) is 0.0272. The maximum atomic E-state index is 12.9. The zero-order valence-electron chi connectivity index (χ0n) is 47.7. The molecule has 71 heavy (non-hydrogen) atoms. The lowest BCUT2D eigenvalue weighted by atomic mass is 10.0. The van der Waals surface area contributed by atoms with Crippen LogP contribution in [0, 0.1) is 0 Å². The van der Waals surface area contributed by atoms with Crippen LogP contribution in [0.2, 0.25) is 0 Å². The Kier molecular flexibility index (Phi) is 52.1.